The highest BCUT2D eigenvalue weighted by Gasteiger charge is 2.32. The highest BCUT2D eigenvalue weighted by atomic mass is 16.4. The smallest absolute Gasteiger partial charge is 0.303 e. The van der Waals surface area contributed by atoms with Gasteiger partial charge >= 0.3 is 5.97 Å². The molecule has 1 aliphatic rings. The lowest BCUT2D eigenvalue weighted by molar-refractivity contribution is -0.137. The van der Waals surface area contributed by atoms with Crippen molar-refractivity contribution in [3.05, 3.63) is 41.5 Å². The van der Waals surface area contributed by atoms with Gasteiger partial charge in [-0.05, 0) is 37.5 Å². The summed E-state index contributed by atoms with van der Waals surface area (Å²) < 4.78 is 0. The van der Waals surface area contributed by atoms with Crippen molar-refractivity contribution in [2.24, 2.45) is 0 Å². The number of imide groups is 1. The maximum Gasteiger partial charge on any atom is 0.303 e. The number of benzene rings is 2. The molecule has 0 aliphatic carbocycles. The highest BCUT2D eigenvalue weighted by molar-refractivity contribution is 6.26. The van der Waals surface area contributed by atoms with Gasteiger partial charge in [0.15, 0.2) is 0 Å². The second-order valence-corrected chi connectivity index (χ2v) is 9.96. The molecule has 2 N–H and O–H groups in total. The standard InChI is InChI=1S/C30H42N2O4/c1-2-3-4-5-10-13-21-31-26-20-19-25-28-23(26)16-15-17-24(28)29(35)32(30(25)36)22-14-11-8-6-7-9-12-18-27(33)34/h15-17,19-20,31H,2-14,18,21-22H2,1H3,(H,33,34). The second kappa shape index (κ2) is 14.6. The molecular weight excluding hydrogens is 452 g/mol. The number of unbranched alkanes of at least 4 members (excludes halogenated alkanes) is 11. The van der Waals surface area contributed by atoms with E-state index in [1.54, 1.807) is 0 Å². The van der Waals surface area contributed by atoms with Gasteiger partial charge in [0.25, 0.3) is 11.8 Å². The van der Waals surface area contributed by atoms with E-state index >= 15 is 0 Å². The van der Waals surface area contributed by atoms with Crippen LogP contribution in [0.1, 0.15) is 118 Å². The van der Waals surface area contributed by atoms with Crippen molar-refractivity contribution < 1.29 is 19.5 Å². The van der Waals surface area contributed by atoms with Gasteiger partial charge in [0.05, 0.1) is 0 Å². The first-order valence-electron chi connectivity index (χ1n) is 13.9. The van der Waals surface area contributed by atoms with Crippen LogP contribution in [0.15, 0.2) is 30.3 Å². The summed E-state index contributed by atoms with van der Waals surface area (Å²) in [6.45, 7) is 3.55. The molecule has 0 fully saturated rings. The zero-order chi connectivity index (χ0) is 25.8. The van der Waals surface area contributed by atoms with Crippen molar-refractivity contribution in [1.29, 1.82) is 0 Å². The van der Waals surface area contributed by atoms with Crippen LogP contribution in [0.4, 0.5) is 5.69 Å². The zero-order valence-electron chi connectivity index (χ0n) is 21.8. The summed E-state index contributed by atoms with van der Waals surface area (Å²) in [5.74, 6) is -1.12. The minimum absolute atomic E-state index is 0.195. The Morgan fingerprint density at radius 2 is 1.39 bits per heavy atom. The minimum atomic E-state index is -0.733. The number of aliphatic carboxylic acids is 1. The molecule has 0 unspecified atom stereocenters. The average molecular weight is 495 g/mol. The van der Waals surface area contributed by atoms with Gasteiger partial charge in [-0.25, -0.2) is 0 Å². The molecule has 3 rings (SSSR count). The Bertz CT molecular complexity index is 1010. The fourth-order valence-electron chi connectivity index (χ4n) is 5.06. The molecule has 0 saturated carbocycles. The fraction of sp³-hybridized carbons (Fsp3) is 0.567. The number of hydrogen-bond donors (Lipinski definition) is 2. The molecule has 0 aromatic heterocycles. The first-order chi connectivity index (χ1) is 17.5. The number of anilines is 1. The Kier molecular flexibility index (Phi) is 11.2. The van der Waals surface area contributed by atoms with Gasteiger partial charge < -0.3 is 10.4 Å². The number of carbonyl (C=O) groups is 3. The molecule has 0 atom stereocenters. The third-order valence-corrected chi connectivity index (χ3v) is 7.11. The lowest BCUT2D eigenvalue weighted by atomic mass is 9.92. The molecule has 0 radical (unpaired) electrons. The molecule has 36 heavy (non-hydrogen) atoms. The number of carboxylic acids is 1. The Labute approximate surface area is 215 Å². The van der Waals surface area contributed by atoms with Crippen molar-refractivity contribution in [2.45, 2.75) is 96.8 Å². The van der Waals surface area contributed by atoms with Gasteiger partial charge in [-0.2, -0.15) is 0 Å². The average Bonchev–Trinajstić information content (AvgIpc) is 2.87. The quantitative estimate of drug-likeness (QED) is 0.166. The van der Waals surface area contributed by atoms with E-state index in [4.69, 9.17) is 5.11 Å². The van der Waals surface area contributed by atoms with Gasteiger partial charge in [-0.3, -0.25) is 19.3 Å². The first kappa shape index (κ1) is 27.7. The fourth-order valence-corrected chi connectivity index (χ4v) is 5.06. The van der Waals surface area contributed by atoms with Crippen molar-refractivity contribution in [1.82, 2.24) is 4.90 Å². The second-order valence-electron chi connectivity index (χ2n) is 9.96. The van der Waals surface area contributed by atoms with E-state index < -0.39 is 5.97 Å². The molecule has 1 aliphatic heterocycles. The molecule has 196 valence electrons. The molecule has 2 amide bonds. The number of nitrogens with one attached hydrogen (secondary N) is 1. The molecule has 1 heterocycles. The predicted molar refractivity (Wildman–Crippen MR) is 146 cm³/mol. The van der Waals surface area contributed by atoms with E-state index in [0.29, 0.717) is 17.7 Å². The Hall–Kier alpha value is -2.89. The van der Waals surface area contributed by atoms with Crippen LogP contribution in [0.25, 0.3) is 10.8 Å². The maximum atomic E-state index is 13.2. The van der Waals surface area contributed by atoms with E-state index in [-0.39, 0.29) is 18.2 Å². The Morgan fingerprint density at radius 3 is 2.08 bits per heavy atom. The summed E-state index contributed by atoms with van der Waals surface area (Å²) in [7, 11) is 0. The molecule has 2 aromatic carbocycles. The van der Waals surface area contributed by atoms with E-state index in [0.717, 1.165) is 74.4 Å². The summed E-state index contributed by atoms with van der Waals surface area (Å²) >= 11 is 0. The Balaban J connectivity index is 1.52. The number of amides is 2. The van der Waals surface area contributed by atoms with E-state index in [2.05, 4.69) is 12.2 Å². The number of nitrogens with zero attached hydrogens (tertiary/aromatic N) is 1. The summed E-state index contributed by atoms with van der Waals surface area (Å²) in [5, 5.41) is 13.9. The topological polar surface area (TPSA) is 86.7 Å². The summed E-state index contributed by atoms with van der Waals surface area (Å²) in [4.78, 5) is 38.4. The molecular formula is C30H42N2O4. The predicted octanol–water partition coefficient (Wildman–Crippen LogP) is 7.41. The molecule has 6 nitrogen and oxygen atoms in total. The molecule has 0 bridgehead atoms. The zero-order valence-corrected chi connectivity index (χ0v) is 21.8. The van der Waals surface area contributed by atoms with Crippen LogP contribution >= 0.6 is 0 Å². The SMILES string of the molecule is CCCCCCCCNc1ccc2c3c(cccc13)C(=O)N(CCCCCCCCCC(=O)O)C2=O. The molecule has 0 spiro atoms. The number of rotatable bonds is 18. The largest absolute Gasteiger partial charge is 0.481 e. The summed E-state index contributed by atoms with van der Waals surface area (Å²) in [6.07, 6.45) is 14.2. The summed E-state index contributed by atoms with van der Waals surface area (Å²) in [5.41, 5.74) is 2.22. The minimum Gasteiger partial charge on any atom is -0.481 e. The van der Waals surface area contributed by atoms with Crippen molar-refractivity contribution in [3.63, 3.8) is 0 Å². The van der Waals surface area contributed by atoms with Crippen molar-refractivity contribution in [2.75, 3.05) is 18.4 Å². The molecule has 2 aromatic rings. The maximum absolute atomic E-state index is 13.2. The Morgan fingerprint density at radius 1 is 0.778 bits per heavy atom. The molecule has 0 saturated heterocycles. The van der Waals surface area contributed by atoms with E-state index in [1.807, 2.05) is 30.3 Å². The van der Waals surface area contributed by atoms with Gasteiger partial charge in [-0.15, -0.1) is 0 Å². The van der Waals surface area contributed by atoms with Crippen molar-refractivity contribution >= 4 is 34.2 Å². The van der Waals surface area contributed by atoms with Crippen LogP contribution in [-0.2, 0) is 4.79 Å². The number of carboxylic acid groups (broad SMARTS) is 1. The van der Waals surface area contributed by atoms with Gasteiger partial charge in [0.2, 0.25) is 0 Å². The summed E-state index contributed by atoms with van der Waals surface area (Å²) in [6, 6.07) is 9.59. The van der Waals surface area contributed by atoms with Crippen LogP contribution in [0.3, 0.4) is 0 Å². The number of carbonyl (C=O) groups excluding carboxylic acids is 2. The lowest BCUT2D eigenvalue weighted by Gasteiger charge is -2.28. The van der Waals surface area contributed by atoms with Crippen LogP contribution in [0.5, 0.6) is 0 Å². The first-order valence-corrected chi connectivity index (χ1v) is 13.9. The van der Waals surface area contributed by atoms with E-state index in [1.165, 1.54) is 37.0 Å². The molecule has 6 heteroatoms. The third-order valence-electron chi connectivity index (χ3n) is 7.11. The van der Waals surface area contributed by atoms with Crippen LogP contribution in [0.2, 0.25) is 0 Å². The van der Waals surface area contributed by atoms with Crippen LogP contribution < -0.4 is 5.32 Å². The van der Waals surface area contributed by atoms with Crippen LogP contribution in [-0.4, -0.2) is 40.9 Å². The van der Waals surface area contributed by atoms with E-state index in [9.17, 15) is 14.4 Å². The number of hydrogen-bond acceptors (Lipinski definition) is 4. The lowest BCUT2D eigenvalue weighted by Crippen LogP contribution is -2.40. The van der Waals surface area contributed by atoms with Crippen molar-refractivity contribution in [3.8, 4) is 0 Å². The monoisotopic (exact) mass is 494 g/mol. The highest BCUT2D eigenvalue weighted by Crippen LogP contribution is 2.34. The normalized spacial score (nSPS) is 13.0. The third kappa shape index (κ3) is 7.55. The van der Waals surface area contributed by atoms with Gasteiger partial charge in [0, 0.05) is 47.1 Å². The van der Waals surface area contributed by atoms with Gasteiger partial charge in [-0.1, -0.05) is 83.3 Å². The van der Waals surface area contributed by atoms with Crippen LogP contribution in [0, 0.1) is 0 Å². The van der Waals surface area contributed by atoms with Gasteiger partial charge in [0.1, 0.15) is 0 Å².